The first kappa shape index (κ1) is 13.3. The Bertz CT molecular complexity index is 455. The number of halogens is 2. The summed E-state index contributed by atoms with van der Waals surface area (Å²) in [6.45, 7) is 2.58. The molecule has 4 heteroatoms. The smallest absolute Gasteiger partial charge is 0.141 e. The van der Waals surface area contributed by atoms with Crippen molar-refractivity contribution >= 4 is 11.6 Å². The molecule has 2 aliphatic rings. The van der Waals surface area contributed by atoms with Crippen LogP contribution in [0.4, 0.5) is 4.39 Å². The van der Waals surface area contributed by atoms with Crippen LogP contribution < -0.4 is 5.32 Å². The zero-order valence-corrected chi connectivity index (χ0v) is 11.7. The maximum absolute atomic E-state index is 13.2. The predicted molar refractivity (Wildman–Crippen MR) is 74.0 cm³/mol. The van der Waals surface area contributed by atoms with Crippen molar-refractivity contribution in [3.63, 3.8) is 0 Å². The molecule has 19 heavy (non-hydrogen) atoms. The van der Waals surface area contributed by atoms with Gasteiger partial charge in [0.1, 0.15) is 5.82 Å². The van der Waals surface area contributed by atoms with E-state index in [0.717, 1.165) is 38.2 Å². The van der Waals surface area contributed by atoms with Crippen LogP contribution in [-0.2, 0) is 11.2 Å². The van der Waals surface area contributed by atoms with E-state index in [1.807, 2.05) is 6.07 Å². The summed E-state index contributed by atoms with van der Waals surface area (Å²) < 4.78 is 18.8. The molecule has 2 fully saturated rings. The topological polar surface area (TPSA) is 21.3 Å². The molecular formula is C15H19ClFNO. The Labute approximate surface area is 118 Å². The van der Waals surface area contributed by atoms with Crippen LogP contribution in [0.25, 0.3) is 0 Å². The first-order valence-electron chi connectivity index (χ1n) is 6.92. The summed E-state index contributed by atoms with van der Waals surface area (Å²) in [5.74, 6) is -0.349. The molecule has 0 amide bonds. The van der Waals surface area contributed by atoms with E-state index in [4.69, 9.17) is 16.3 Å². The SMILES string of the molecule is Fc1ccc(CC2(CNC3CC3)CCOC2)cc1Cl. The molecule has 0 spiro atoms. The molecule has 0 aromatic heterocycles. The largest absolute Gasteiger partial charge is 0.381 e. The summed E-state index contributed by atoms with van der Waals surface area (Å²) in [5.41, 5.74) is 1.23. The van der Waals surface area contributed by atoms with Gasteiger partial charge in [0.2, 0.25) is 0 Å². The van der Waals surface area contributed by atoms with Crippen molar-refractivity contribution in [2.45, 2.75) is 31.7 Å². The van der Waals surface area contributed by atoms with Crippen molar-refractivity contribution in [3.8, 4) is 0 Å². The van der Waals surface area contributed by atoms with Crippen molar-refractivity contribution < 1.29 is 9.13 Å². The van der Waals surface area contributed by atoms with Gasteiger partial charge in [-0.15, -0.1) is 0 Å². The summed E-state index contributed by atoms with van der Waals surface area (Å²) in [4.78, 5) is 0. The lowest BCUT2D eigenvalue weighted by atomic mass is 9.81. The molecule has 1 N–H and O–H groups in total. The molecule has 0 radical (unpaired) electrons. The number of hydrogen-bond acceptors (Lipinski definition) is 2. The fourth-order valence-corrected chi connectivity index (χ4v) is 2.92. The number of benzene rings is 1. The minimum atomic E-state index is -0.349. The number of rotatable bonds is 5. The van der Waals surface area contributed by atoms with Crippen molar-refractivity contribution in [2.24, 2.45) is 5.41 Å². The molecule has 1 aliphatic heterocycles. The van der Waals surface area contributed by atoms with Crippen molar-refractivity contribution in [1.82, 2.24) is 5.32 Å². The van der Waals surface area contributed by atoms with Gasteiger partial charge in [-0.2, -0.15) is 0 Å². The third kappa shape index (κ3) is 3.28. The molecule has 1 saturated heterocycles. The van der Waals surface area contributed by atoms with Gasteiger partial charge in [-0.25, -0.2) is 4.39 Å². The Hall–Kier alpha value is -0.640. The summed E-state index contributed by atoms with van der Waals surface area (Å²) >= 11 is 5.86. The van der Waals surface area contributed by atoms with Gasteiger partial charge < -0.3 is 10.1 Å². The molecule has 1 saturated carbocycles. The number of hydrogen-bond donors (Lipinski definition) is 1. The fraction of sp³-hybridized carbons (Fsp3) is 0.600. The van der Waals surface area contributed by atoms with Crippen LogP contribution in [0.3, 0.4) is 0 Å². The third-order valence-electron chi connectivity index (χ3n) is 4.09. The van der Waals surface area contributed by atoms with Gasteiger partial charge in [0.05, 0.1) is 11.6 Å². The van der Waals surface area contributed by atoms with Crippen LogP contribution in [0.1, 0.15) is 24.8 Å². The maximum Gasteiger partial charge on any atom is 0.141 e. The van der Waals surface area contributed by atoms with E-state index in [9.17, 15) is 4.39 Å². The van der Waals surface area contributed by atoms with E-state index >= 15 is 0 Å². The zero-order valence-electron chi connectivity index (χ0n) is 10.9. The first-order valence-corrected chi connectivity index (χ1v) is 7.30. The predicted octanol–water partition coefficient (Wildman–Crippen LogP) is 3.18. The van der Waals surface area contributed by atoms with Gasteiger partial charge in [0, 0.05) is 24.6 Å². The average Bonchev–Trinajstić information content (AvgIpc) is 3.12. The third-order valence-corrected chi connectivity index (χ3v) is 4.38. The Morgan fingerprint density at radius 3 is 2.89 bits per heavy atom. The second-order valence-electron chi connectivity index (χ2n) is 5.88. The van der Waals surface area contributed by atoms with Gasteiger partial charge in [-0.1, -0.05) is 17.7 Å². The molecule has 0 bridgehead atoms. The average molecular weight is 284 g/mol. The lowest BCUT2D eigenvalue weighted by Gasteiger charge is -2.28. The van der Waals surface area contributed by atoms with Crippen molar-refractivity contribution in [3.05, 3.63) is 34.6 Å². The molecule has 1 aromatic rings. The Balaban J connectivity index is 1.70. The summed E-state index contributed by atoms with van der Waals surface area (Å²) in [6.07, 6.45) is 4.53. The Morgan fingerprint density at radius 2 is 2.26 bits per heavy atom. The minimum Gasteiger partial charge on any atom is -0.381 e. The lowest BCUT2D eigenvalue weighted by Crippen LogP contribution is -2.37. The van der Waals surface area contributed by atoms with E-state index in [1.165, 1.54) is 18.9 Å². The van der Waals surface area contributed by atoms with E-state index in [2.05, 4.69) is 5.32 Å². The number of nitrogens with one attached hydrogen (secondary N) is 1. The van der Waals surface area contributed by atoms with Gasteiger partial charge in [0.15, 0.2) is 0 Å². The quantitative estimate of drug-likeness (QED) is 0.896. The van der Waals surface area contributed by atoms with E-state index in [1.54, 1.807) is 6.07 Å². The second kappa shape index (κ2) is 5.39. The molecule has 104 valence electrons. The summed E-state index contributed by atoms with van der Waals surface area (Å²) in [6, 6.07) is 5.73. The van der Waals surface area contributed by atoms with Gasteiger partial charge >= 0.3 is 0 Å². The summed E-state index contributed by atoms with van der Waals surface area (Å²) in [7, 11) is 0. The molecule has 1 aromatic carbocycles. The molecule has 2 nitrogen and oxygen atoms in total. The highest BCUT2D eigenvalue weighted by molar-refractivity contribution is 6.30. The maximum atomic E-state index is 13.2. The van der Waals surface area contributed by atoms with Crippen molar-refractivity contribution in [1.29, 1.82) is 0 Å². The van der Waals surface area contributed by atoms with Crippen LogP contribution >= 0.6 is 11.6 Å². The molecule has 1 heterocycles. The van der Waals surface area contributed by atoms with Gasteiger partial charge in [-0.05, 0) is 43.4 Å². The normalized spacial score (nSPS) is 26.8. The monoisotopic (exact) mass is 283 g/mol. The van der Waals surface area contributed by atoms with Gasteiger partial charge in [-0.3, -0.25) is 0 Å². The van der Waals surface area contributed by atoms with Crippen LogP contribution in [0, 0.1) is 11.2 Å². The lowest BCUT2D eigenvalue weighted by molar-refractivity contribution is 0.149. The Morgan fingerprint density at radius 1 is 1.42 bits per heavy atom. The Kier molecular flexibility index (Phi) is 3.79. The fourth-order valence-electron chi connectivity index (χ4n) is 2.72. The van der Waals surface area contributed by atoms with Crippen LogP contribution in [0.15, 0.2) is 18.2 Å². The molecule has 3 rings (SSSR count). The highest BCUT2D eigenvalue weighted by Gasteiger charge is 2.36. The second-order valence-corrected chi connectivity index (χ2v) is 6.29. The van der Waals surface area contributed by atoms with Crippen LogP contribution in [0.5, 0.6) is 0 Å². The highest BCUT2D eigenvalue weighted by atomic mass is 35.5. The first-order chi connectivity index (χ1) is 9.17. The number of ether oxygens (including phenoxy) is 1. The van der Waals surface area contributed by atoms with Gasteiger partial charge in [0.25, 0.3) is 0 Å². The molecular weight excluding hydrogens is 265 g/mol. The van der Waals surface area contributed by atoms with E-state index < -0.39 is 0 Å². The highest BCUT2D eigenvalue weighted by Crippen LogP contribution is 2.34. The minimum absolute atomic E-state index is 0.143. The van der Waals surface area contributed by atoms with Crippen LogP contribution in [-0.4, -0.2) is 25.8 Å². The molecule has 1 unspecified atom stereocenters. The van der Waals surface area contributed by atoms with E-state index in [0.29, 0.717) is 6.04 Å². The van der Waals surface area contributed by atoms with Crippen LogP contribution in [0.2, 0.25) is 5.02 Å². The molecule has 1 aliphatic carbocycles. The van der Waals surface area contributed by atoms with Crippen molar-refractivity contribution in [2.75, 3.05) is 19.8 Å². The molecule has 1 atom stereocenters. The zero-order chi connectivity index (χ0) is 13.3. The standard InChI is InChI=1S/C15H19ClFNO/c16-13-7-11(1-4-14(13)17)8-15(5-6-19-10-15)9-18-12-2-3-12/h1,4,7,12,18H,2-3,5-6,8-10H2. The summed E-state index contributed by atoms with van der Waals surface area (Å²) in [5, 5.41) is 3.81. The van der Waals surface area contributed by atoms with E-state index in [-0.39, 0.29) is 16.3 Å².